The van der Waals surface area contributed by atoms with Crippen molar-refractivity contribution in [2.24, 2.45) is 5.73 Å². The van der Waals surface area contributed by atoms with Gasteiger partial charge in [0.2, 0.25) is 0 Å². The van der Waals surface area contributed by atoms with Gasteiger partial charge in [-0.3, -0.25) is 4.79 Å². The van der Waals surface area contributed by atoms with Gasteiger partial charge < -0.3 is 20.5 Å². The zero-order chi connectivity index (χ0) is 21.1. The number of nitrogens with two attached hydrogens (primary N) is 1. The summed E-state index contributed by atoms with van der Waals surface area (Å²) in [5.74, 6) is 0.491. The van der Waals surface area contributed by atoms with E-state index in [9.17, 15) is 9.90 Å². The first-order chi connectivity index (χ1) is 14.6. The Kier molecular flexibility index (Phi) is 5.84. The van der Waals surface area contributed by atoms with Crippen LogP contribution in [0, 0.1) is 0 Å². The van der Waals surface area contributed by atoms with Gasteiger partial charge in [0.25, 0.3) is 5.91 Å². The molecule has 0 radical (unpaired) electrons. The Morgan fingerprint density at radius 2 is 1.73 bits per heavy atom. The van der Waals surface area contributed by atoms with E-state index in [1.54, 1.807) is 24.1 Å². The molecule has 4 rings (SSSR count). The highest BCUT2D eigenvalue weighted by Gasteiger charge is 2.31. The zero-order valence-corrected chi connectivity index (χ0v) is 17.0. The quantitative estimate of drug-likeness (QED) is 0.680. The summed E-state index contributed by atoms with van der Waals surface area (Å²) < 4.78 is 6.15. The number of hydrogen-bond acceptors (Lipinski definition) is 4. The monoisotopic (exact) mass is 402 g/mol. The first-order valence-electron chi connectivity index (χ1n) is 10.2. The molecule has 0 aromatic heterocycles. The van der Waals surface area contributed by atoms with Crippen molar-refractivity contribution in [1.82, 2.24) is 0 Å². The third kappa shape index (κ3) is 3.95. The van der Waals surface area contributed by atoms with Gasteiger partial charge in [0.1, 0.15) is 12.4 Å². The van der Waals surface area contributed by atoms with Gasteiger partial charge >= 0.3 is 0 Å². The van der Waals surface area contributed by atoms with E-state index in [1.165, 1.54) is 0 Å². The number of fused-ring (bicyclic) bond motifs is 1. The van der Waals surface area contributed by atoms with Crippen LogP contribution in [0.5, 0.6) is 5.75 Å². The van der Waals surface area contributed by atoms with Crippen molar-refractivity contribution >= 4 is 11.6 Å². The van der Waals surface area contributed by atoms with E-state index in [0.29, 0.717) is 36.4 Å². The molecule has 154 valence electrons. The predicted octanol–water partition coefficient (Wildman–Crippen LogP) is 3.85. The number of nitrogens with zero attached hydrogens (tertiary/aromatic N) is 1. The van der Waals surface area contributed by atoms with Gasteiger partial charge in [-0.15, -0.1) is 0 Å². The van der Waals surface area contributed by atoms with E-state index >= 15 is 0 Å². The van der Waals surface area contributed by atoms with Gasteiger partial charge in [0.05, 0.1) is 11.8 Å². The zero-order valence-electron chi connectivity index (χ0n) is 17.0. The molecule has 1 aliphatic rings. The molecule has 2 atom stereocenters. The number of aliphatic hydroxyl groups excluding tert-OH is 1. The molecule has 3 aromatic carbocycles. The number of hydrogen-bond donors (Lipinski definition) is 2. The van der Waals surface area contributed by atoms with Gasteiger partial charge in [-0.25, -0.2) is 0 Å². The fourth-order valence-corrected chi connectivity index (χ4v) is 3.97. The molecule has 0 fully saturated rings. The van der Waals surface area contributed by atoms with Crippen molar-refractivity contribution in [3.05, 3.63) is 95.1 Å². The van der Waals surface area contributed by atoms with Crippen LogP contribution in [0.25, 0.3) is 0 Å². The lowest BCUT2D eigenvalue weighted by Crippen LogP contribution is -2.35. The molecule has 3 N–H and O–H groups in total. The SMILES string of the molecule is CN(C(=O)c1ccccc1)c1c(OCc2ccccc2)ccc2c1CC[C@@H](N)[C@@H]2O. The Morgan fingerprint density at radius 3 is 2.43 bits per heavy atom. The summed E-state index contributed by atoms with van der Waals surface area (Å²) in [7, 11) is 1.75. The number of anilines is 1. The van der Waals surface area contributed by atoms with Gasteiger partial charge in [-0.1, -0.05) is 54.6 Å². The van der Waals surface area contributed by atoms with Gasteiger partial charge in [-0.05, 0) is 47.7 Å². The lowest BCUT2D eigenvalue weighted by Gasteiger charge is -2.32. The molecule has 0 saturated carbocycles. The first kappa shape index (κ1) is 20.1. The Morgan fingerprint density at radius 1 is 1.07 bits per heavy atom. The largest absolute Gasteiger partial charge is 0.487 e. The number of aliphatic hydroxyl groups is 1. The van der Waals surface area contributed by atoms with Crippen molar-refractivity contribution in [1.29, 1.82) is 0 Å². The summed E-state index contributed by atoms with van der Waals surface area (Å²) in [6.45, 7) is 0.391. The average Bonchev–Trinajstić information content (AvgIpc) is 2.80. The number of ether oxygens (including phenoxy) is 1. The van der Waals surface area contributed by atoms with Crippen molar-refractivity contribution in [2.75, 3.05) is 11.9 Å². The number of amides is 1. The van der Waals surface area contributed by atoms with E-state index in [4.69, 9.17) is 10.5 Å². The maximum Gasteiger partial charge on any atom is 0.258 e. The lowest BCUT2D eigenvalue weighted by molar-refractivity contribution is 0.0991. The fraction of sp³-hybridized carbons (Fsp3) is 0.240. The van der Waals surface area contributed by atoms with E-state index in [0.717, 1.165) is 16.7 Å². The van der Waals surface area contributed by atoms with Crippen LogP contribution in [0.15, 0.2) is 72.8 Å². The summed E-state index contributed by atoms with van der Waals surface area (Å²) in [6.07, 6.45) is 0.574. The Hall–Kier alpha value is -3.15. The molecular formula is C25H26N2O3. The highest BCUT2D eigenvalue weighted by Crippen LogP contribution is 2.41. The van der Waals surface area contributed by atoms with Crippen LogP contribution in [0.3, 0.4) is 0 Å². The maximum absolute atomic E-state index is 13.2. The molecule has 1 aliphatic carbocycles. The molecule has 0 saturated heterocycles. The second-order valence-corrected chi connectivity index (χ2v) is 7.63. The van der Waals surface area contributed by atoms with Gasteiger partial charge in [0.15, 0.2) is 0 Å². The molecule has 5 heteroatoms. The third-order valence-corrected chi connectivity index (χ3v) is 5.63. The predicted molar refractivity (Wildman–Crippen MR) is 118 cm³/mol. The maximum atomic E-state index is 13.2. The summed E-state index contributed by atoms with van der Waals surface area (Å²) in [6, 6.07) is 22.4. The second kappa shape index (κ2) is 8.69. The lowest BCUT2D eigenvalue weighted by atomic mass is 9.84. The molecule has 0 aliphatic heterocycles. The van der Waals surface area contributed by atoms with Crippen LogP contribution in [0.1, 0.15) is 39.6 Å². The smallest absolute Gasteiger partial charge is 0.258 e. The minimum absolute atomic E-state index is 0.127. The van der Waals surface area contributed by atoms with Gasteiger partial charge in [-0.2, -0.15) is 0 Å². The Balaban J connectivity index is 1.73. The summed E-state index contributed by atoms with van der Waals surface area (Å²) >= 11 is 0. The van der Waals surface area contributed by atoms with Crippen LogP contribution in [0.2, 0.25) is 0 Å². The molecule has 30 heavy (non-hydrogen) atoms. The topological polar surface area (TPSA) is 75.8 Å². The molecule has 0 heterocycles. The number of rotatable bonds is 5. The number of carbonyl (C=O) groups is 1. The van der Waals surface area contributed by atoms with Crippen molar-refractivity contribution in [3.63, 3.8) is 0 Å². The third-order valence-electron chi connectivity index (χ3n) is 5.63. The summed E-state index contributed by atoms with van der Waals surface area (Å²) in [5, 5.41) is 10.6. The molecule has 1 amide bonds. The van der Waals surface area contributed by atoms with E-state index in [1.807, 2.05) is 60.7 Å². The molecule has 5 nitrogen and oxygen atoms in total. The number of carbonyl (C=O) groups excluding carboxylic acids is 1. The minimum atomic E-state index is -0.754. The van der Waals surface area contributed by atoms with E-state index in [2.05, 4.69) is 0 Å². The summed E-state index contributed by atoms with van der Waals surface area (Å²) in [4.78, 5) is 14.8. The van der Waals surface area contributed by atoms with Crippen LogP contribution in [0.4, 0.5) is 5.69 Å². The molecule has 0 unspecified atom stereocenters. The van der Waals surface area contributed by atoms with E-state index in [-0.39, 0.29) is 11.9 Å². The van der Waals surface area contributed by atoms with Crippen molar-refractivity contribution in [2.45, 2.75) is 31.6 Å². The molecule has 0 spiro atoms. The molecule has 0 bridgehead atoms. The molecule has 3 aromatic rings. The number of benzene rings is 3. The highest BCUT2D eigenvalue weighted by atomic mass is 16.5. The molecular weight excluding hydrogens is 376 g/mol. The summed E-state index contributed by atoms with van der Waals surface area (Å²) in [5.41, 5.74) is 10.1. The van der Waals surface area contributed by atoms with Crippen LogP contribution in [-0.2, 0) is 13.0 Å². The average molecular weight is 402 g/mol. The Labute approximate surface area is 176 Å². The van der Waals surface area contributed by atoms with Crippen LogP contribution in [-0.4, -0.2) is 24.1 Å². The van der Waals surface area contributed by atoms with E-state index < -0.39 is 6.10 Å². The Bertz CT molecular complexity index is 1020. The highest BCUT2D eigenvalue weighted by molar-refractivity contribution is 6.07. The van der Waals surface area contributed by atoms with Crippen LogP contribution < -0.4 is 15.4 Å². The minimum Gasteiger partial charge on any atom is -0.487 e. The van der Waals surface area contributed by atoms with Crippen molar-refractivity contribution in [3.8, 4) is 5.75 Å². The fourth-order valence-electron chi connectivity index (χ4n) is 3.97. The van der Waals surface area contributed by atoms with Crippen molar-refractivity contribution < 1.29 is 14.6 Å². The van der Waals surface area contributed by atoms with Gasteiger partial charge in [0, 0.05) is 18.7 Å². The normalized spacial score (nSPS) is 17.8. The first-order valence-corrected chi connectivity index (χ1v) is 10.2. The van der Waals surface area contributed by atoms with Crippen LogP contribution >= 0.6 is 0 Å². The second-order valence-electron chi connectivity index (χ2n) is 7.63. The standard InChI is InChI=1S/C25H26N2O3/c1-27(25(29)18-10-6-3-7-11-18)23-19-12-14-21(26)24(28)20(19)13-15-22(23)30-16-17-8-4-2-5-9-17/h2-11,13,15,21,24,28H,12,14,16,26H2,1H3/t21-,24-/m1/s1.